The predicted octanol–water partition coefficient (Wildman–Crippen LogP) is 1.40. The Kier molecular flexibility index (Phi) is 3.04. The van der Waals surface area contributed by atoms with Gasteiger partial charge in [-0.1, -0.05) is 24.3 Å². The summed E-state index contributed by atoms with van der Waals surface area (Å²) in [7, 11) is 0. The third kappa shape index (κ3) is 1.81. The van der Waals surface area contributed by atoms with Crippen LogP contribution in [0.5, 0.6) is 0 Å². The van der Waals surface area contributed by atoms with Crippen molar-refractivity contribution in [2.45, 2.75) is 12.0 Å². The summed E-state index contributed by atoms with van der Waals surface area (Å²) in [5, 5.41) is 19.9. The zero-order valence-electron chi connectivity index (χ0n) is 8.00. The monoisotopic (exact) mass is 209 g/mol. The Labute approximate surface area is 86.6 Å². The summed E-state index contributed by atoms with van der Waals surface area (Å²) in [5.41, 5.74) is -1.59. The smallest absolute Gasteiger partial charge is 0.318 e. The second-order valence-corrected chi connectivity index (χ2v) is 3.30. The summed E-state index contributed by atoms with van der Waals surface area (Å²) < 4.78 is 0. The first kappa shape index (κ1) is 11.2. The van der Waals surface area contributed by atoms with E-state index in [9.17, 15) is 14.9 Å². The fourth-order valence-corrected chi connectivity index (χ4v) is 1.64. The molecule has 0 aliphatic heterocycles. The summed E-state index contributed by atoms with van der Waals surface area (Å²) in [5.74, 6) is -2.34. The molecular weight excluding hydrogens is 198 g/mol. The van der Waals surface area contributed by atoms with E-state index in [-0.39, 0.29) is 6.42 Å². The molecule has 1 aliphatic rings. The highest BCUT2D eigenvalue weighted by Gasteiger charge is 2.50. The number of hydrogen-bond donors (Lipinski definition) is 1. The minimum atomic E-state index is -1.59. The van der Waals surface area contributed by atoms with Crippen LogP contribution in [0.4, 0.5) is 0 Å². The molecule has 0 spiro atoms. The lowest BCUT2D eigenvalue weighted by Gasteiger charge is -2.26. The molecule has 0 saturated heterocycles. The number of hydrogen-bond acceptors (Lipinski definition) is 3. The van der Waals surface area contributed by atoms with Crippen molar-refractivity contribution in [2.75, 3.05) is 0 Å². The maximum atomic E-state index is 11.0. The van der Waals surface area contributed by atoms with Crippen LogP contribution in [0, 0.1) is 16.0 Å². The molecule has 15 heavy (non-hydrogen) atoms. The zero-order valence-corrected chi connectivity index (χ0v) is 8.00. The number of allylic oxidation sites excluding steroid dienone is 2. The first-order chi connectivity index (χ1) is 7.04. The van der Waals surface area contributed by atoms with Crippen LogP contribution in [0.15, 0.2) is 37.0 Å². The second kappa shape index (κ2) is 4.08. The van der Waals surface area contributed by atoms with Crippen molar-refractivity contribution < 1.29 is 14.8 Å². The van der Waals surface area contributed by atoms with Crippen LogP contribution in [0.2, 0.25) is 0 Å². The van der Waals surface area contributed by atoms with Gasteiger partial charge in [0.15, 0.2) is 0 Å². The number of rotatable bonds is 4. The lowest BCUT2D eigenvalue weighted by atomic mass is 9.78. The quantitative estimate of drug-likeness (QED) is 0.431. The molecule has 1 N–H and O–H groups in total. The summed E-state index contributed by atoms with van der Waals surface area (Å²) in [6.45, 7) is 3.42. The Morgan fingerprint density at radius 2 is 2.33 bits per heavy atom. The van der Waals surface area contributed by atoms with Crippen LogP contribution < -0.4 is 0 Å². The molecule has 2 unspecified atom stereocenters. The number of nitrogens with zero attached hydrogens (tertiary/aromatic N) is 1. The van der Waals surface area contributed by atoms with Crippen LogP contribution in [-0.2, 0) is 4.79 Å². The van der Waals surface area contributed by atoms with E-state index in [1.165, 1.54) is 30.4 Å². The van der Waals surface area contributed by atoms with Gasteiger partial charge in [-0.05, 0) is 6.08 Å². The minimum absolute atomic E-state index is 0.00218. The largest absolute Gasteiger partial charge is 0.481 e. The van der Waals surface area contributed by atoms with Gasteiger partial charge < -0.3 is 5.11 Å². The molecule has 0 aromatic carbocycles. The predicted molar refractivity (Wildman–Crippen MR) is 53.9 cm³/mol. The van der Waals surface area contributed by atoms with Gasteiger partial charge in [-0.2, -0.15) is 0 Å². The highest BCUT2D eigenvalue weighted by atomic mass is 16.6. The molecule has 0 fully saturated rings. The Bertz CT molecular complexity index is 358. The summed E-state index contributed by atoms with van der Waals surface area (Å²) in [4.78, 5) is 21.4. The molecule has 2 atom stereocenters. The zero-order chi connectivity index (χ0) is 11.5. The van der Waals surface area contributed by atoms with Gasteiger partial charge in [-0.3, -0.25) is 14.9 Å². The van der Waals surface area contributed by atoms with Crippen molar-refractivity contribution in [2.24, 2.45) is 5.92 Å². The van der Waals surface area contributed by atoms with Crippen molar-refractivity contribution in [1.29, 1.82) is 0 Å². The SMILES string of the molecule is C=CCC1([N+](=O)[O-])C=CC=CC1C(=O)O. The van der Waals surface area contributed by atoms with E-state index in [1.807, 2.05) is 0 Å². The molecule has 1 aliphatic carbocycles. The van der Waals surface area contributed by atoms with E-state index >= 15 is 0 Å². The molecule has 5 nitrogen and oxygen atoms in total. The molecule has 1 rings (SSSR count). The van der Waals surface area contributed by atoms with Gasteiger partial charge in [-0.25, -0.2) is 0 Å². The van der Waals surface area contributed by atoms with Crippen LogP contribution in [0.25, 0.3) is 0 Å². The van der Waals surface area contributed by atoms with Gasteiger partial charge in [0, 0.05) is 11.3 Å². The van der Waals surface area contributed by atoms with E-state index in [2.05, 4.69) is 6.58 Å². The van der Waals surface area contributed by atoms with E-state index in [0.717, 1.165) is 0 Å². The molecule has 0 bridgehead atoms. The Balaban J connectivity index is 3.18. The summed E-state index contributed by atoms with van der Waals surface area (Å²) in [6.07, 6.45) is 7.00. The van der Waals surface area contributed by atoms with Gasteiger partial charge in [-0.15, -0.1) is 6.58 Å². The fraction of sp³-hybridized carbons (Fsp3) is 0.300. The molecule has 5 heteroatoms. The molecule has 0 aromatic heterocycles. The van der Waals surface area contributed by atoms with Gasteiger partial charge in [0.25, 0.3) is 5.54 Å². The third-order valence-electron chi connectivity index (χ3n) is 2.42. The van der Waals surface area contributed by atoms with Crippen molar-refractivity contribution in [3.63, 3.8) is 0 Å². The van der Waals surface area contributed by atoms with Gasteiger partial charge in [0.2, 0.25) is 0 Å². The topological polar surface area (TPSA) is 80.4 Å². The van der Waals surface area contributed by atoms with Crippen LogP contribution in [0.3, 0.4) is 0 Å². The molecule has 0 amide bonds. The second-order valence-electron chi connectivity index (χ2n) is 3.30. The van der Waals surface area contributed by atoms with Gasteiger partial charge in [0.05, 0.1) is 0 Å². The molecular formula is C10H11NO4. The Morgan fingerprint density at radius 3 is 2.80 bits per heavy atom. The number of nitro groups is 1. The molecule has 0 radical (unpaired) electrons. The molecule has 0 heterocycles. The summed E-state index contributed by atoms with van der Waals surface area (Å²) in [6, 6.07) is 0. The number of carbonyl (C=O) groups is 1. The maximum Gasteiger partial charge on any atom is 0.318 e. The summed E-state index contributed by atoms with van der Waals surface area (Å²) >= 11 is 0. The van der Waals surface area contributed by atoms with Crippen molar-refractivity contribution >= 4 is 5.97 Å². The average Bonchev–Trinajstić information content (AvgIpc) is 2.18. The van der Waals surface area contributed by atoms with Crippen LogP contribution in [0.1, 0.15) is 6.42 Å². The normalized spacial score (nSPS) is 28.7. The lowest BCUT2D eigenvalue weighted by molar-refractivity contribution is -0.560. The Morgan fingerprint density at radius 1 is 1.67 bits per heavy atom. The van der Waals surface area contributed by atoms with Crippen LogP contribution in [-0.4, -0.2) is 21.5 Å². The average molecular weight is 209 g/mol. The lowest BCUT2D eigenvalue weighted by Crippen LogP contribution is -2.47. The van der Waals surface area contributed by atoms with Crippen molar-refractivity contribution in [3.05, 3.63) is 47.1 Å². The van der Waals surface area contributed by atoms with Crippen molar-refractivity contribution in [1.82, 2.24) is 0 Å². The van der Waals surface area contributed by atoms with Crippen LogP contribution >= 0.6 is 0 Å². The molecule has 0 saturated carbocycles. The molecule has 80 valence electrons. The Hall–Kier alpha value is -1.91. The van der Waals surface area contributed by atoms with Gasteiger partial charge in [0.1, 0.15) is 5.92 Å². The van der Waals surface area contributed by atoms with E-state index < -0.39 is 22.3 Å². The third-order valence-corrected chi connectivity index (χ3v) is 2.42. The number of aliphatic carboxylic acids is 1. The first-order valence-electron chi connectivity index (χ1n) is 4.39. The number of carboxylic acids is 1. The number of carboxylic acid groups (broad SMARTS) is 1. The highest BCUT2D eigenvalue weighted by molar-refractivity contribution is 5.75. The fourth-order valence-electron chi connectivity index (χ4n) is 1.64. The van der Waals surface area contributed by atoms with E-state index in [4.69, 9.17) is 5.11 Å². The van der Waals surface area contributed by atoms with Gasteiger partial charge >= 0.3 is 5.97 Å². The standard InChI is InChI=1S/C10H11NO4/c1-2-6-10(11(14)15)7-4-3-5-8(10)9(12)13/h2-5,7-8H,1,6H2,(H,12,13). The van der Waals surface area contributed by atoms with Crippen molar-refractivity contribution in [3.8, 4) is 0 Å². The minimum Gasteiger partial charge on any atom is -0.481 e. The highest BCUT2D eigenvalue weighted by Crippen LogP contribution is 2.31. The molecule has 0 aromatic rings. The van der Waals surface area contributed by atoms with E-state index in [0.29, 0.717) is 0 Å². The first-order valence-corrected chi connectivity index (χ1v) is 4.39. The maximum absolute atomic E-state index is 11.0. The van der Waals surface area contributed by atoms with E-state index in [1.54, 1.807) is 0 Å².